The summed E-state index contributed by atoms with van der Waals surface area (Å²) in [6.07, 6.45) is 10.7. The van der Waals surface area contributed by atoms with Crippen LogP contribution < -0.4 is 0 Å². The fourth-order valence-corrected chi connectivity index (χ4v) is 9.26. The van der Waals surface area contributed by atoms with Crippen molar-refractivity contribution in [3.8, 4) is 0 Å². The Bertz CT molecular complexity index is 467. The highest BCUT2D eigenvalue weighted by Gasteiger charge is 2.58. The molecule has 0 nitrogen and oxygen atoms in total. The smallest absolute Gasteiger partial charge is 0.0323 e. The van der Waals surface area contributed by atoms with Crippen LogP contribution in [-0.4, -0.2) is 0 Å². The lowest BCUT2D eigenvalue weighted by atomic mass is 9.48. The van der Waals surface area contributed by atoms with Gasteiger partial charge in [-0.3, -0.25) is 0 Å². The van der Waals surface area contributed by atoms with E-state index >= 15 is 0 Å². The molecule has 0 amide bonds. The van der Waals surface area contributed by atoms with Crippen LogP contribution in [0.3, 0.4) is 0 Å². The molecular weight excluding hydrogens is 300 g/mol. The fourth-order valence-electron chi connectivity index (χ4n) is 9.26. The summed E-state index contributed by atoms with van der Waals surface area (Å²) in [6, 6.07) is 0. The molecule has 25 heavy (non-hydrogen) atoms. The molecule has 12 atom stereocenters. The van der Waals surface area contributed by atoms with E-state index in [9.17, 15) is 0 Å². The second-order valence-corrected chi connectivity index (χ2v) is 11.1. The first-order chi connectivity index (χ1) is 12.0. The van der Waals surface area contributed by atoms with Crippen molar-refractivity contribution >= 4 is 0 Å². The zero-order valence-electron chi connectivity index (χ0n) is 17.9. The highest BCUT2D eigenvalue weighted by Crippen LogP contribution is 2.65. The quantitative estimate of drug-likeness (QED) is 0.493. The van der Waals surface area contributed by atoms with Crippen LogP contribution in [0.1, 0.15) is 86.5 Å². The predicted octanol–water partition coefficient (Wildman–Crippen LogP) is 7.29. The Hall–Kier alpha value is 0. The van der Waals surface area contributed by atoms with Crippen LogP contribution in [0.15, 0.2) is 0 Å². The lowest BCUT2D eigenvalue weighted by Gasteiger charge is -2.57. The number of fused-ring (bicyclic) bond motifs is 5. The molecule has 0 bridgehead atoms. The van der Waals surface area contributed by atoms with Gasteiger partial charge in [0.25, 0.3) is 0 Å². The summed E-state index contributed by atoms with van der Waals surface area (Å²) < 4.78 is 0. The van der Waals surface area contributed by atoms with Crippen molar-refractivity contribution in [1.82, 2.24) is 0 Å². The van der Waals surface area contributed by atoms with Crippen molar-refractivity contribution in [2.75, 3.05) is 0 Å². The number of hydrogen-bond acceptors (Lipinski definition) is 0. The van der Waals surface area contributed by atoms with E-state index in [1.54, 1.807) is 32.1 Å². The zero-order valence-corrected chi connectivity index (χ0v) is 17.9. The first kappa shape index (κ1) is 18.4. The van der Waals surface area contributed by atoms with Gasteiger partial charge >= 0.3 is 0 Å². The second-order valence-electron chi connectivity index (χ2n) is 11.1. The molecule has 0 aromatic heterocycles. The van der Waals surface area contributed by atoms with E-state index in [0.29, 0.717) is 0 Å². The van der Waals surface area contributed by atoms with Gasteiger partial charge in [-0.05, 0) is 96.7 Å². The molecular formula is C25H44. The molecule has 12 unspecified atom stereocenters. The Balaban J connectivity index is 1.62. The highest BCUT2D eigenvalue weighted by atomic mass is 14.6. The Labute approximate surface area is 157 Å². The molecule has 0 saturated heterocycles. The Morgan fingerprint density at radius 1 is 0.640 bits per heavy atom. The van der Waals surface area contributed by atoms with Crippen molar-refractivity contribution in [1.29, 1.82) is 0 Å². The van der Waals surface area contributed by atoms with Crippen LogP contribution in [0.5, 0.6) is 0 Å². The maximum absolute atomic E-state index is 2.65. The van der Waals surface area contributed by atoms with Gasteiger partial charge in [0.1, 0.15) is 0 Å². The lowest BCUT2D eigenvalue weighted by Crippen LogP contribution is -2.51. The Morgan fingerprint density at radius 3 is 2.08 bits per heavy atom. The summed E-state index contributed by atoms with van der Waals surface area (Å²) in [5.74, 6) is 12.4. The molecule has 0 radical (unpaired) electrons. The summed E-state index contributed by atoms with van der Waals surface area (Å²) in [4.78, 5) is 0. The van der Waals surface area contributed by atoms with Gasteiger partial charge in [0.2, 0.25) is 0 Å². The molecule has 0 aromatic rings. The summed E-state index contributed by atoms with van der Waals surface area (Å²) in [7, 11) is 0. The van der Waals surface area contributed by atoms with Crippen LogP contribution in [0, 0.1) is 71.0 Å². The highest BCUT2D eigenvalue weighted by molar-refractivity contribution is 5.06. The second kappa shape index (κ2) is 6.87. The molecule has 0 spiro atoms. The molecule has 4 aliphatic rings. The van der Waals surface area contributed by atoms with Gasteiger partial charge in [0.05, 0.1) is 0 Å². The summed E-state index contributed by atoms with van der Waals surface area (Å²) in [5.41, 5.74) is 0. The molecule has 4 fully saturated rings. The van der Waals surface area contributed by atoms with Crippen molar-refractivity contribution in [3.05, 3.63) is 0 Å². The normalized spacial score (nSPS) is 58.3. The van der Waals surface area contributed by atoms with Crippen molar-refractivity contribution in [2.24, 2.45) is 71.0 Å². The van der Waals surface area contributed by atoms with Crippen LogP contribution in [0.2, 0.25) is 0 Å². The van der Waals surface area contributed by atoms with Crippen molar-refractivity contribution in [2.45, 2.75) is 86.5 Å². The third kappa shape index (κ3) is 2.75. The summed E-state index contributed by atoms with van der Waals surface area (Å²) in [6.45, 7) is 15.4. The zero-order chi connectivity index (χ0) is 17.9. The molecule has 0 heteroatoms. The largest absolute Gasteiger partial charge is 0.0651 e. The van der Waals surface area contributed by atoms with Gasteiger partial charge in [0.15, 0.2) is 0 Å². The van der Waals surface area contributed by atoms with E-state index in [4.69, 9.17) is 0 Å². The van der Waals surface area contributed by atoms with Crippen LogP contribution >= 0.6 is 0 Å². The average Bonchev–Trinajstić information content (AvgIpc) is 2.99. The van der Waals surface area contributed by atoms with E-state index in [1.165, 1.54) is 12.8 Å². The predicted molar refractivity (Wildman–Crippen MR) is 108 cm³/mol. The first-order valence-electron chi connectivity index (χ1n) is 12.0. The molecule has 0 aromatic carbocycles. The van der Waals surface area contributed by atoms with Gasteiger partial charge in [-0.2, -0.15) is 0 Å². The summed E-state index contributed by atoms with van der Waals surface area (Å²) in [5, 5.41) is 0. The topological polar surface area (TPSA) is 0 Å². The first-order valence-corrected chi connectivity index (χ1v) is 12.0. The molecule has 0 N–H and O–H groups in total. The Kier molecular flexibility index (Phi) is 5.04. The summed E-state index contributed by atoms with van der Waals surface area (Å²) >= 11 is 0. The minimum absolute atomic E-state index is 0.946. The van der Waals surface area contributed by atoms with E-state index in [1.807, 2.05) is 0 Å². The van der Waals surface area contributed by atoms with Gasteiger partial charge in [-0.25, -0.2) is 0 Å². The minimum Gasteiger partial charge on any atom is -0.0651 e. The third-order valence-corrected chi connectivity index (χ3v) is 10.5. The average molecular weight is 345 g/mol. The number of hydrogen-bond donors (Lipinski definition) is 0. The van der Waals surface area contributed by atoms with Crippen LogP contribution in [0.25, 0.3) is 0 Å². The lowest BCUT2D eigenvalue weighted by molar-refractivity contribution is -0.0891. The third-order valence-electron chi connectivity index (χ3n) is 10.5. The van der Waals surface area contributed by atoms with E-state index in [0.717, 1.165) is 71.0 Å². The fraction of sp³-hybridized carbons (Fsp3) is 1.00. The Morgan fingerprint density at radius 2 is 1.40 bits per heavy atom. The maximum atomic E-state index is 2.65. The van der Waals surface area contributed by atoms with Gasteiger partial charge < -0.3 is 0 Å². The van der Waals surface area contributed by atoms with Crippen LogP contribution in [0.4, 0.5) is 0 Å². The van der Waals surface area contributed by atoms with E-state index in [2.05, 4.69) is 41.5 Å². The maximum Gasteiger partial charge on any atom is -0.0323 e. The molecule has 4 saturated carbocycles. The van der Waals surface area contributed by atoms with Crippen molar-refractivity contribution in [3.63, 3.8) is 0 Å². The van der Waals surface area contributed by atoms with E-state index < -0.39 is 0 Å². The van der Waals surface area contributed by atoms with Crippen molar-refractivity contribution < 1.29 is 0 Å². The molecule has 4 rings (SSSR count). The van der Waals surface area contributed by atoms with E-state index in [-0.39, 0.29) is 0 Å². The number of rotatable bonds is 2. The van der Waals surface area contributed by atoms with Gasteiger partial charge in [-0.15, -0.1) is 0 Å². The molecule has 0 aliphatic heterocycles. The molecule has 0 heterocycles. The minimum atomic E-state index is 0.946. The monoisotopic (exact) mass is 344 g/mol. The van der Waals surface area contributed by atoms with Crippen LogP contribution in [-0.2, 0) is 0 Å². The standard InChI is InChI=1S/C25H44/c1-7-18-9-10-19-13-23-24(22(19)12-18)14(3)11-21-17(6)20(8-2)15(4)16(5)25(21)23/h14-25H,7-13H2,1-6H3. The van der Waals surface area contributed by atoms with Gasteiger partial charge in [-0.1, -0.05) is 60.8 Å². The molecule has 144 valence electrons. The molecule has 4 aliphatic carbocycles. The SMILES string of the molecule is CCC1CCC2CC3C(C(C)CC4C(C)C(CC)C(C)C(C)C43)C2C1. The van der Waals surface area contributed by atoms with Gasteiger partial charge in [0, 0.05) is 0 Å².